The van der Waals surface area contributed by atoms with Gasteiger partial charge in [0.15, 0.2) is 0 Å². The Kier molecular flexibility index (Phi) is 26.4. The van der Waals surface area contributed by atoms with Crippen LogP contribution in [0.5, 0.6) is 0 Å². The largest absolute Gasteiger partial charge is 3.00 e. The number of aromatic nitrogens is 8. The molecule has 0 radical (unpaired) electrons. The summed E-state index contributed by atoms with van der Waals surface area (Å²) in [5, 5.41) is 0. The monoisotopic (exact) mass is 2000 g/mol. The first kappa shape index (κ1) is 91.8. The average molecular weight is 2000 g/mol. The van der Waals surface area contributed by atoms with E-state index in [-0.39, 0.29) is 80.7 Å². The first-order valence-electron chi connectivity index (χ1n) is 43.5. The van der Waals surface area contributed by atoms with Crippen molar-refractivity contribution in [2.45, 2.75) is 207 Å². The molecule has 9 aromatic carbocycles. The van der Waals surface area contributed by atoms with Crippen LogP contribution in [-0.4, -0.2) is 53.0 Å². The van der Waals surface area contributed by atoms with Gasteiger partial charge in [-0.15, -0.1) is 81.4 Å². The Morgan fingerprint density at radius 1 is 0.344 bits per heavy atom. The average Bonchev–Trinajstić information content (AvgIpc) is 1.60. The van der Waals surface area contributed by atoms with E-state index in [0.717, 1.165) is 102 Å². The molecular weight excluding hydrogens is 1880 g/mol. The Morgan fingerprint density at radius 3 is 1.11 bits per heavy atom. The fraction of sp³-hybridized carbons (Fsp3) is 0.292. The molecule has 9 nitrogen and oxygen atoms in total. The van der Waals surface area contributed by atoms with Crippen LogP contribution < -0.4 is 10.3 Å². The number of anilines is 1. The van der Waals surface area contributed by atoms with Gasteiger partial charge in [0.1, 0.15) is 0 Å². The Hall–Kier alpha value is -10.8. The van der Waals surface area contributed by atoms with E-state index in [9.17, 15) is 0 Å². The molecule has 6 aromatic heterocycles. The van der Waals surface area contributed by atoms with Crippen molar-refractivity contribution in [1.82, 2.24) is 38.9 Å². The van der Waals surface area contributed by atoms with Gasteiger partial charge in [-0.25, -0.2) is 0 Å². The van der Waals surface area contributed by atoms with E-state index < -0.39 is 21.7 Å². The van der Waals surface area contributed by atoms with Gasteiger partial charge in [0, 0.05) is 59.5 Å². The molecule has 0 saturated heterocycles. The van der Waals surface area contributed by atoms with Crippen molar-refractivity contribution in [3.8, 4) is 39.6 Å². The molecular formula is C113H116BIr2N9. The standard InChI is InChI=1S/C61H63N4.C52H53BN5.2Ir/c1-41(2)51-36-45(43-23-16-13-17-24-43)37-52(42(3)4)56(51)65-40-55(61(12,47-28-20-15-21-29-47)54-39-49(32-34-63-54)59(8,9)10)64-57(65)44-25-22-30-50(35-44)60(11,46-26-18-14-19-27-46)53-38-48(31-33-62-53)58(5,6)7;1-35-19-18-20-36(2)47(35)53-57(11)43-26-25-41(51(9,37-21-14-12-15-22-37)44-32-39(27-29-54-44)49(3,4)5)31-42(43)48-56-46(34-58(48)53)52(10,38-23-16-13-17-24-38)45-33-40(28-30-55-45)50(6,7)8;;/h13-26,28,30-34,36-42H,1-12H3;12-21,23,25-30,32-34H,1-11H3;;/q2*-3;2*+3/t60?,61-;51?,52-;;/m11../s1. The number of nitrogens with zero attached hydrogens (tertiary/aromatic N) is 9. The van der Waals surface area contributed by atoms with E-state index in [1.807, 2.05) is 73.3 Å². The fourth-order valence-corrected chi connectivity index (χ4v) is 17.8. The van der Waals surface area contributed by atoms with Crippen molar-refractivity contribution in [2.24, 2.45) is 0 Å². The molecule has 125 heavy (non-hydrogen) atoms. The Bertz CT molecular complexity index is 6260. The summed E-state index contributed by atoms with van der Waals surface area (Å²) in [5.41, 5.74) is 26.1. The van der Waals surface area contributed by atoms with Crippen LogP contribution in [0.25, 0.3) is 39.6 Å². The van der Waals surface area contributed by atoms with E-state index in [0.29, 0.717) is 0 Å². The third-order valence-electron chi connectivity index (χ3n) is 25.8. The van der Waals surface area contributed by atoms with E-state index in [4.69, 9.17) is 29.9 Å². The van der Waals surface area contributed by atoms with Crippen molar-refractivity contribution in [2.75, 3.05) is 11.9 Å². The van der Waals surface area contributed by atoms with E-state index in [2.05, 4.69) is 410 Å². The smallest absolute Gasteiger partial charge is 0.436 e. The molecule has 634 valence electrons. The van der Waals surface area contributed by atoms with E-state index >= 15 is 0 Å². The quantitative estimate of drug-likeness (QED) is 0.0624. The van der Waals surface area contributed by atoms with Gasteiger partial charge >= 0.3 is 47.2 Å². The van der Waals surface area contributed by atoms with E-state index in [1.54, 1.807) is 0 Å². The molecule has 2 unspecified atom stereocenters. The van der Waals surface area contributed by atoms with Crippen molar-refractivity contribution in [1.29, 1.82) is 0 Å². The maximum Gasteiger partial charge on any atom is 3.00 e. The number of hydrogen-bond acceptors (Lipinski definition) is 7. The van der Waals surface area contributed by atoms with Crippen LogP contribution in [0.3, 0.4) is 0 Å². The molecule has 4 atom stereocenters. The normalized spacial score (nSPS) is 14.3. The molecule has 15 aromatic rings. The predicted molar refractivity (Wildman–Crippen MR) is 508 cm³/mol. The molecule has 1 aliphatic heterocycles. The Labute approximate surface area is 772 Å². The molecule has 0 saturated carbocycles. The first-order chi connectivity index (χ1) is 58.4. The first-order valence-corrected chi connectivity index (χ1v) is 43.5. The van der Waals surface area contributed by atoms with Gasteiger partial charge in [0.05, 0.1) is 50.8 Å². The summed E-state index contributed by atoms with van der Waals surface area (Å²) < 4.78 is 4.73. The molecule has 0 spiro atoms. The third-order valence-corrected chi connectivity index (χ3v) is 25.8. The zero-order valence-electron chi connectivity index (χ0n) is 76.9. The molecule has 7 heterocycles. The summed E-state index contributed by atoms with van der Waals surface area (Å²) in [4.78, 5) is 34.3. The predicted octanol–water partition coefficient (Wildman–Crippen LogP) is 25.3. The van der Waals surface area contributed by atoms with Crippen LogP contribution in [0.2, 0.25) is 0 Å². The summed E-state index contributed by atoms with van der Waals surface area (Å²) in [6.45, 7) is 49.5. The van der Waals surface area contributed by atoms with Gasteiger partial charge < -0.3 is 13.9 Å². The minimum atomic E-state index is -0.773. The number of pyridine rings is 4. The second-order valence-corrected chi connectivity index (χ2v) is 39.1. The molecule has 0 amide bonds. The molecule has 0 bridgehead atoms. The van der Waals surface area contributed by atoms with Gasteiger partial charge in [0.25, 0.3) is 0 Å². The van der Waals surface area contributed by atoms with Gasteiger partial charge in [-0.05, 0) is 193 Å². The SMILES string of the molecule is CC(C)c1cc(-c2ccccc2)cc(C(C)C)c1-n1cc([C@](C)(c2[c-]cccc2)c2cc(C(C)(C)C)ccn2)nc1-c1[c-]c(C(C)(c2[c-]cccc2)c2cc(C(C)(C)C)ccn2)ccc1.Cc1cccc(C)c1B1N(C)c2ccc(C(C)(c3[c-]cccc3)c3cc(C(C)(C)C)ccn3)[c-]c2-c2nc([C@](C)(c3[c-]cccc3)c3cc(C(C)(C)C)ccn3)cn21.[Ir+3].[Ir+3]. The zero-order valence-corrected chi connectivity index (χ0v) is 81.7. The van der Waals surface area contributed by atoms with Crippen LogP contribution in [0, 0.1) is 50.2 Å². The number of aryl methyl sites for hydroxylation is 2. The van der Waals surface area contributed by atoms with Crippen molar-refractivity contribution >= 4 is 18.1 Å². The molecule has 0 N–H and O–H groups in total. The summed E-state index contributed by atoms with van der Waals surface area (Å²) in [7, 11) is 2.20. The van der Waals surface area contributed by atoms with Crippen molar-refractivity contribution in [3.05, 3.63) is 422 Å². The van der Waals surface area contributed by atoms with Crippen molar-refractivity contribution < 1.29 is 40.2 Å². The van der Waals surface area contributed by atoms with Crippen molar-refractivity contribution in [3.63, 3.8) is 0 Å². The Balaban J connectivity index is 0.000000212. The van der Waals surface area contributed by atoms with Gasteiger partial charge in [0.2, 0.25) is 0 Å². The van der Waals surface area contributed by atoms with E-state index in [1.165, 1.54) is 61.1 Å². The van der Waals surface area contributed by atoms with Gasteiger partial charge in [-0.1, -0.05) is 182 Å². The number of hydrogen-bond donors (Lipinski definition) is 0. The number of benzene rings is 9. The number of imidazole rings is 2. The maximum absolute atomic E-state index is 5.82. The number of fused-ring (bicyclic) bond motifs is 3. The second kappa shape index (κ2) is 35.9. The second-order valence-electron chi connectivity index (χ2n) is 39.1. The zero-order chi connectivity index (χ0) is 87.5. The molecule has 1 aliphatic rings. The van der Waals surface area contributed by atoms with Crippen LogP contribution in [0.4, 0.5) is 5.69 Å². The molecule has 12 heteroatoms. The van der Waals surface area contributed by atoms with Crippen LogP contribution in [0.15, 0.2) is 274 Å². The van der Waals surface area contributed by atoms with Gasteiger partial charge in [-0.3, -0.25) is 29.9 Å². The topological polar surface area (TPSA) is 90.4 Å². The summed E-state index contributed by atoms with van der Waals surface area (Å²) >= 11 is 0. The maximum atomic E-state index is 5.82. The molecule has 0 aliphatic carbocycles. The summed E-state index contributed by atoms with van der Waals surface area (Å²) in [6, 6.07) is 106. The third kappa shape index (κ3) is 17.6. The molecule has 16 rings (SSSR count). The molecule has 0 fully saturated rings. The summed E-state index contributed by atoms with van der Waals surface area (Å²) in [5.74, 6) is 2.08. The van der Waals surface area contributed by atoms with Crippen LogP contribution in [0.1, 0.15) is 262 Å². The van der Waals surface area contributed by atoms with Gasteiger partial charge in [-0.2, -0.15) is 121 Å². The number of rotatable bonds is 18. The summed E-state index contributed by atoms with van der Waals surface area (Å²) in [6.07, 6.45) is 12.3. The Morgan fingerprint density at radius 2 is 0.712 bits per heavy atom. The van der Waals surface area contributed by atoms with Crippen LogP contribution in [-0.2, 0) is 83.5 Å². The minimum Gasteiger partial charge on any atom is -0.436 e. The van der Waals surface area contributed by atoms with Crippen LogP contribution >= 0.6 is 0 Å². The minimum absolute atomic E-state index is 0. The fourth-order valence-electron chi connectivity index (χ4n) is 17.8.